The van der Waals surface area contributed by atoms with Crippen molar-refractivity contribution >= 4 is 0 Å². The van der Waals surface area contributed by atoms with Crippen LogP contribution in [-0.2, 0) is 6.42 Å². The van der Waals surface area contributed by atoms with Gasteiger partial charge in [-0.1, -0.05) is 20.8 Å². The van der Waals surface area contributed by atoms with Crippen LogP contribution in [0.1, 0.15) is 70.9 Å². The zero-order valence-corrected chi connectivity index (χ0v) is 15.9. The molecule has 24 heavy (non-hydrogen) atoms. The zero-order valence-electron chi connectivity index (χ0n) is 15.9. The van der Waals surface area contributed by atoms with E-state index in [2.05, 4.69) is 47.0 Å². The van der Waals surface area contributed by atoms with Crippen molar-refractivity contribution in [2.24, 2.45) is 5.92 Å². The SMILES string of the molecule is CCc1cnn(C2CCN(C3CCC(CNC(C)C)CC3)CC2)c1. The van der Waals surface area contributed by atoms with E-state index >= 15 is 0 Å². The maximum atomic E-state index is 4.58. The number of likely N-dealkylation sites (tertiary alicyclic amines) is 1. The minimum absolute atomic E-state index is 0.619. The molecule has 0 radical (unpaired) electrons. The second-order valence-electron chi connectivity index (χ2n) is 8.19. The first-order valence-electron chi connectivity index (χ1n) is 10.2. The fraction of sp³-hybridized carbons (Fsp3) is 0.850. The second-order valence-corrected chi connectivity index (χ2v) is 8.19. The molecule has 1 N–H and O–H groups in total. The molecule has 4 heteroatoms. The van der Waals surface area contributed by atoms with Crippen LogP contribution in [0.25, 0.3) is 0 Å². The van der Waals surface area contributed by atoms with E-state index in [4.69, 9.17) is 0 Å². The van der Waals surface area contributed by atoms with Gasteiger partial charge in [0.2, 0.25) is 0 Å². The van der Waals surface area contributed by atoms with Gasteiger partial charge in [0.05, 0.1) is 12.2 Å². The molecule has 2 aliphatic rings. The van der Waals surface area contributed by atoms with Crippen LogP contribution in [0.2, 0.25) is 0 Å². The molecule has 3 rings (SSSR count). The Morgan fingerprint density at radius 1 is 1.08 bits per heavy atom. The number of hydrogen-bond acceptors (Lipinski definition) is 3. The molecule has 0 spiro atoms. The molecule has 0 unspecified atom stereocenters. The largest absolute Gasteiger partial charge is 0.314 e. The van der Waals surface area contributed by atoms with E-state index in [-0.39, 0.29) is 0 Å². The van der Waals surface area contributed by atoms with Crippen molar-refractivity contribution in [2.45, 2.75) is 83.8 Å². The number of piperidine rings is 1. The van der Waals surface area contributed by atoms with Gasteiger partial charge in [-0.25, -0.2) is 0 Å². The highest BCUT2D eigenvalue weighted by Gasteiger charge is 2.29. The molecule has 1 aliphatic heterocycles. The average molecular weight is 333 g/mol. The van der Waals surface area contributed by atoms with Crippen LogP contribution in [0.15, 0.2) is 12.4 Å². The molecular formula is C20H36N4. The van der Waals surface area contributed by atoms with E-state index in [1.165, 1.54) is 63.7 Å². The lowest BCUT2D eigenvalue weighted by atomic mass is 9.84. The number of hydrogen-bond donors (Lipinski definition) is 1. The third kappa shape index (κ3) is 4.60. The summed E-state index contributed by atoms with van der Waals surface area (Å²) in [5, 5.41) is 8.20. The van der Waals surface area contributed by atoms with Gasteiger partial charge in [-0.15, -0.1) is 0 Å². The van der Waals surface area contributed by atoms with Gasteiger partial charge >= 0.3 is 0 Å². The first-order valence-corrected chi connectivity index (χ1v) is 10.2. The molecule has 4 nitrogen and oxygen atoms in total. The minimum atomic E-state index is 0.619. The Morgan fingerprint density at radius 3 is 2.38 bits per heavy atom. The Bertz CT molecular complexity index is 480. The van der Waals surface area contributed by atoms with E-state index < -0.39 is 0 Å². The second kappa shape index (κ2) is 8.48. The summed E-state index contributed by atoms with van der Waals surface area (Å²) >= 11 is 0. The van der Waals surface area contributed by atoms with Crippen molar-refractivity contribution in [2.75, 3.05) is 19.6 Å². The Labute approximate surface area is 148 Å². The first-order chi connectivity index (χ1) is 11.7. The summed E-state index contributed by atoms with van der Waals surface area (Å²) in [6.07, 6.45) is 13.5. The standard InChI is InChI=1S/C20H36N4/c1-4-17-14-22-24(15-17)20-9-11-23(12-10-20)19-7-5-18(6-8-19)13-21-16(2)3/h14-16,18-21H,4-13H2,1-3H3. The van der Waals surface area contributed by atoms with Crippen molar-refractivity contribution in [1.82, 2.24) is 20.0 Å². The number of aryl methyl sites for hydroxylation is 1. The Kier molecular flexibility index (Phi) is 6.34. The van der Waals surface area contributed by atoms with Gasteiger partial charge in [0.25, 0.3) is 0 Å². The first kappa shape index (κ1) is 17.9. The number of aromatic nitrogens is 2. The summed E-state index contributed by atoms with van der Waals surface area (Å²) in [5.41, 5.74) is 1.37. The minimum Gasteiger partial charge on any atom is -0.314 e. The predicted octanol–water partition coefficient (Wildman–Crippen LogP) is 3.64. The monoisotopic (exact) mass is 332 g/mol. The average Bonchev–Trinajstić information content (AvgIpc) is 3.10. The molecule has 0 aromatic carbocycles. The molecule has 1 aromatic rings. The van der Waals surface area contributed by atoms with Crippen LogP contribution in [0.3, 0.4) is 0 Å². The normalized spacial score (nSPS) is 27.0. The molecule has 1 saturated heterocycles. The van der Waals surface area contributed by atoms with E-state index in [0.717, 1.165) is 18.4 Å². The lowest BCUT2D eigenvalue weighted by molar-refractivity contribution is 0.0933. The predicted molar refractivity (Wildman–Crippen MR) is 100 cm³/mol. The number of nitrogens with one attached hydrogen (secondary N) is 1. The van der Waals surface area contributed by atoms with E-state index in [1.807, 2.05) is 6.20 Å². The van der Waals surface area contributed by atoms with Gasteiger partial charge < -0.3 is 10.2 Å². The van der Waals surface area contributed by atoms with Crippen LogP contribution in [0, 0.1) is 5.92 Å². The summed E-state index contributed by atoms with van der Waals surface area (Å²) in [6.45, 7) is 10.4. The molecule has 0 bridgehead atoms. The summed E-state index contributed by atoms with van der Waals surface area (Å²) < 4.78 is 2.23. The molecule has 0 amide bonds. The fourth-order valence-corrected chi connectivity index (χ4v) is 4.39. The lowest BCUT2D eigenvalue weighted by Crippen LogP contribution is -2.44. The van der Waals surface area contributed by atoms with Crippen LogP contribution in [0.4, 0.5) is 0 Å². The van der Waals surface area contributed by atoms with Crippen molar-refractivity contribution < 1.29 is 0 Å². The maximum absolute atomic E-state index is 4.58. The van der Waals surface area contributed by atoms with Crippen molar-refractivity contribution in [3.63, 3.8) is 0 Å². The van der Waals surface area contributed by atoms with Crippen LogP contribution in [0.5, 0.6) is 0 Å². The summed E-state index contributed by atoms with van der Waals surface area (Å²) in [5.74, 6) is 0.901. The topological polar surface area (TPSA) is 33.1 Å². The van der Waals surface area contributed by atoms with Gasteiger partial charge in [-0.05, 0) is 63.0 Å². The fourth-order valence-electron chi connectivity index (χ4n) is 4.39. The number of rotatable bonds is 6. The smallest absolute Gasteiger partial charge is 0.0543 e. The molecule has 0 atom stereocenters. The highest BCUT2D eigenvalue weighted by atomic mass is 15.3. The van der Waals surface area contributed by atoms with Crippen molar-refractivity contribution in [1.29, 1.82) is 0 Å². The van der Waals surface area contributed by atoms with E-state index in [0.29, 0.717) is 12.1 Å². The number of nitrogens with zero attached hydrogens (tertiary/aromatic N) is 3. The van der Waals surface area contributed by atoms with E-state index in [9.17, 15) is 0 Å². The van der Waals surface area contributed by atoms with Gasteiger partial charge in [-0.2, -0.15) is 5.10 Å². The molecule has 2 heterocycles. The highest BCUT2D eigenvalue weighted by Crippen LogP contribution is 2.31. The van der Waals surface area contributed by atoms with Gasteiger partial charge in [0.1, 0.15) is 0 Å². The summed E-state index contributed by atoms with van der Waals surface area (Å²) in [7, 11) is 0. The third-order valence-electron chi connectivity index (χ3n) is 6.08. The van der Waals surface area contributed by atoms with Gasteiger partial charge in [-0.3, -0.25) is 4.68 Å². The van der Waals surface area contributed by atoms with Gasteiger partial charge in [0.15, 0.2) is 0 Å². The van der Waals surface area contributed by atoms with E-state index in [1.54, 1.807) is 0 Å². The van der Waals surface area contributed by atoms with Crippen LogP contribution < -0.4 is 5.32 Å². The molecule has 1 aliphatic carbocycles. The molecule has 2 fully saturated rings. The Balaban J connectivity index is 1.41. The third-order valence-corrected chi connectivity index (χ3v) is 6.08. The molecular weight excluding hydrogens is 296 g/mol. The van der Waals surface area contributed by atoms with Crippen LogP contribution in [-0.4, -0.2) is 46.4 Å². The Morgan fingerprint density at radius 2 is 1.79 bits per heavy atom. The highest BCUT2D eigenvalue weighted by molar-refractivity contribution is 5.04. The lowest BCUT2D eigenvalue weighted by Gasteiger charge is -2.41. The van der Waals surface area contributed by atoms with Crippen molar-refractivity contribution in [3.05, 3.63) is 18.0 Å². The molecule has 1 aromatic heterocycles. The summed E-state index contributed by atoms with van der Waals surface area (Å²) in [6, 6.07) is 2.08. The van der Waals surface area contributed by atoms with Crippen molar-refractivity contribution in [3.8, 4) is 0 Å². The molecule has 1 saturated carbocycles. The maximum Gasteiger partial charge on any atom is 0.0543 e. The zero-order chi connectivity index (χ0) is 16.9. The van der Waals surface area contributed by atoms with Crippen LogP contribution >= 0.6 is 0 Å². The molecule has 136 valence electrons. The Hall–Kier alpha value is -0.870. The summed E-state index contributed by atoms with van der Waals surface area (Å²) in [4.78, 5) is 2.77. The quantitative estimate of drug-likeness (QED) is 0.863. The van der Waals surface area contributed by atoms with Gasteiger partial charge in [0, 0.05) is 31.4 Å².